The third-order valence-corrected chi connectivity index (χ3v) is 0.756. The molecule has 0 spiro atoms. The molecule has 0 aromatic heterocycles. The Morgan fingerprint density at radius 1 is 1.45 bits per heavy atom. The molecule has 0 aromatic rings. The molecule has 0 bridgehead atoms. The van der Waals surface area contributed by atoms with E-state index in [1.807, 2.05) is 0 Å². The van der Waals surface area contributed by atoms with Crippen molar-refractivity contribution in [3.63, 3.8) is 0 Å². The third-order valence-electron chi connectivity index (χ3n) is 0.756. The Labute approximate surface area is 59.8 Å². The number of rotatable bonds is 2. The van der Waals surface area contributed by atoms with Crippen LogP contribution in [0.15, 0.2) is 12.2 Å². The quantitative estimate of drug-likeness (QED) is 0.595. The number of aliphatic hydroxyl groups excluding tert-OH is 1. The number of carbonyl (C=O) groups is 1. The molecule has 0 aromatic carbocycles. The van der Waals surface area contributed by atoms with Crippen LogP contribution in [-0.2, 0) is 4.79 Å². The largest absolute Gasteiger partial charge is 0.478 e. The summed E-state index contributed by atoms with van der Waals surface area (Å²) in [7, 11) is 0. The lowest BCUT2D eigenvalue weighted by Crippen LogP contribution is -2.26. The average molecular weight is 170 g/mol. The third kappa shape index (κ3) is 4.38. The van der Waals surface area contributed by atoms with Gasteiger partial charge in [-0.1, -0.05) is 0 Å². The van der Waals surface area contributed by atoms with Gasteiger partial charge < -0.3 is 10.2 Å². The highest BCUT2D eigenvalue weighted by Crippen LogP contribution is 2.20. The summed E-state index contributed by atoms with van der Waals surface area (Å²) in [5, 5.41) is 16.0. The molecule has 0 amide bonds. The van der Waals surface area contributed by atoms with Crippen molar-refractivity contribution < 1.29 is 28.2 Å². The van der Waals surface area contributed by atoms with Gasteiger partial charge in [0.05, 0.1) is 0 Å². The van der Waals surface area contributed by atoms with Gasteiger partial charge in [-0.15, -0.1) is 0 Å². The number of hydrogen-bond donors (Lipinski definition) is 2. The first-order chi connectivity index (χ1) is 4.84. The first-order valence-corrected chi connectivity index (χ1v) is 2.50. The number of alkyl halides is 3. The van der Waals surface area contributed by atoms with E-state index in [0.717, 1.165) is 0 Å². The highest BCUT2D eigenvalue weighted by Gasteiger charge is 2.36. The van der Waals surface area contributed by atoms with Gasteiger partial charge in [0.1, 0.15) is 0 Å². The second-order valence-electron chi connectivity index (χ2n) is 1.68. The fourth-order valence-electron chi connectivity index (χ4n) is 0.283. The van der Waals surface area contributed by atoms with Crippen LogP contribution in [0.1, 0.15) is 0 Å². The molecule has 3 nitrogen and oxygen atoms in total. The topological polar surface area (TPSA) is 57.5 Å². The summed E-state index contributed by atoms with van der Waals surface area (Å²) in [6.07, 6.45) is -7.12. The summed E-state index contributed by atoms with van der Waals surface area (Å²) < 4.78 is 34.2. The Bertz CT molecular complexity index is 172. The van der Waals surface area contributed by atoms with Gasteiger partial charge in [0.2, 0.25) is 0 Å². The van der Waals surface area contributed by atoms with E-state index in [0.29, 0.717) is 0 Å². The second-order valence-corrected chi connectivity index (χ2v) is 1.68. The molecule has 1 unspecified atom stereocenters. The molecule has 64 valence electrons. The molecule has 0 fully saturated rings. The van der Waals surface area contributed by atoms with Crippen LogP contribution in [0.5, 0.6) is 0 Å². The molecule has 0 saturated carbocycles. The fraction of sp³-hybridized carbons (Fsp3) is 0.400. The van der Waals surface area contributed by atoms with E-state index in [4.69, 9.17) is 10.2 Å². The van der Waals surface area contributed by atoms with E-state index in [9.17, 15) is 18.0 Å². The maximum atomic E-state index is 11.4. The highest BCUT2D eigenvalue weighted by molar-refractivity contribution is 5.79. The van der Waals surface area contributed by atoms with Gasteiger partial charge in [-0.3, -0.25) is 0 Å². The van der Waals surface area contributed by atoms with Gasteiger partial charge >= 0.3 is 12.1 Å². The minimum absolute atomic E-state index is 0.155. The highest BCUT2D eigenvalue weighted by atomic mass is 19.4. The lowest BCUT2D eigenvalue weighted by atomic mass is 10.3. The second kappa shape index (κ2) is 3.38. The molecular formula is C5H5F3O3. The van der Waals surface area contributed by atoms with Gasteiger partial charge in [-0.05, 0) is 6.08 Å². The minimum Gasteiger partial charge on any atom is -0.478 e. The lowest BCUT2D eigenvalue weighted by Gasteiger charge is -2.08. The van der Waals surface area contributed by atoms with Crippen molar-refractivity contribution in [2.75, 3.05) is 0 Å². The molecule has 1 atom stereocenters. The summed E-state index contributed by atoms with van der Waals surface area (Å²) >= 11 is 0. The van der Waals surface area contributed by atoms with Crippen molar-refractivity contribution in [1.29, 1.82) is 0 Å². The molecule has 0 aliphatic carbocycles. The molecule has 0 radical (unpaired) electrons. The molecule has 0 rings (SSSR count). The number of carboxylic acids is 1. The summed E-state index contributed by atoms with van der Waals surface area (Å²) in [6.45, 7) is 0. The van der Waals surface area contributed by atoms with Gasteiger partial charge in [0, 0.05) is 6.08 Å². The van der Waals surface area contributed by atoms with Crippen LogP contribution < -0.4 is 0 Å². The fourth-order valence-corrected chi connectivity index (χ4v) is 0.283. The molecule has 0 saturated heterocycles. The van der Waals surface area contributed by atoms with Crippen molar-refractivity contribution in [2.45, 2.75) is 12.3 Å². The molecule has 6 heteroatoms. The summed E-state index contributed by atoms with van der Waals surface area (Å²) in [5.41, 5.74) is 0. The number of aliphatic carboxylic acids is 1. The molecule has 0 heterocycles. The van der Waals surface area contributed by atoms with Crippen LogP contribution in [0.3, 0.4) is 0 Å². The van der Waals surface area contributed by atoms with Crippen LogP contribution in [-0.4, -0.2) is 28.5 Å². The zero-order valence-electron chi connectivity index (χ0n) is 5.17. The van der Waals surface area contributed by atoms with E-state index in [1.165, 1.54) is 0 Å². The maximum Gasteiger partial charge on any atom is 0.417 e. The van der Waals surface area contributed by atoms with Crippen molar-refractivity contribution in [3.8, 4) is 0 Å². The van der Waals surface area contributed by atoms with Crippen molar-refractivity contribution in [2.24, 2.45) is 0 Å². The van der Waals surface area contributed by atoms with Crippen LogP contribution in [0.25, 0.3) is 0 Å². The number of carboxylic acid groups (broad SMARTS) is 1. The lowest BCUT2D eigenvalue weighted by molar-refractivity contribution is -0.187. The summed E-state index contributed by atoms with van der Waals surface area (Å²) in [6, 6.07) is 0. The smallest absolute Gasteiger partial charge is 0.417 e. The normalized spacial score (nSPS) is 15.3. The van der Waals surface area contributed by atoms with Crippen LogP contribution in [0, 0.1) is 0 Å². The predicted octanol–water partition coefficient (Wildman–Crippen LogP) is 0.550. The minimum atomic E-state index is -4.80. The van der Waals surface area contributed by atoms with Gasteiger partial charge in [0.15, 0.2) is 6.10 Å². The Kier molecular flexibility index (Phi) is 3.06. The van der Waals surface area contributed by atoms with E-state index >= 15 is 0 Å². The van der Waals surface area contributed by atoms with Crippen LogP contribution in [0.4, 0.5) is 13.2 Å². The van der Waals surface area contributed by atoms with Gasteiger partial charge in [0.25, 0.3) is 0 Å². The number of aliphatic hydroxyl groups is 1. The van der Waals surface area contributed by atoms with E-state index in [1.54, 1.807) is 0 Å². The van der Waals surface area contributed by atoms with Gasteiger partial charge in [-0.2, -0.15) is 13.2 Å². The molecule has 0 aliphatic rings. The molecule has 11 heavy (non-hydrogen) atoms. The predicted molar refractivity (Wildman–Crippen MR) is 28.8 cm³/mol. The molecular weight excluding hydrogens is 165 g/mol. The average Bonchev–Trinajstić information content (AvgIpc) is 1.80. The van der Waals surface area contributed by atoms with E-state index < -0.39 is 18.2 Å². The van der Waals surface area contributed by atoms with E-state index in [-0.39, 0.29) is 12.2 Å². The van der Waals surface area contributed by atoms with Gasteiger partial charge in [-0.25, -0.2) is 4.79 Å². The van der Waals surface area contributed by atoms with Crippen molar-refractivity contribution in [1.82, 2.24) is 0 Å². The van der Waals surface area contributed by atoms with Crippen molar-refractivity contribution in [3.05, 3.63) is 12.2 Å². The Morgan fingerprint density at radius 2 is 1.91 bits per heavy atom. The van der Waals surface area contributed by atoms with Crippen LogP contribution >= 0.6 is 0 Å². The molecule has 0 aliphatic heterocycles. The zero-order chi connectivity index (χ0) is 9.07. The Hall–Kier alpha value is -1.04. The first kappa shape index (κ1) is 9.96. The first-order valence-electron chi connectivity index (χ1n) is 2.50. The zero-order valence-corrected chi connectivity index (χ0v) is 5.17. The SMILES string of the molecule is O=C(O)C=CC(O)C(F)(F)F. The monoisotopic (exact) mass is 170 g/mol. The standard InChI is InChI=1S/C5H5F3O3/c6-5(7,8)3(9)1-2-4(10)11/h1-3,9H,(H,10,11). The van der Waals surface area contributed by atoms with Crippen molar-refractivity contribution >= 4 is 5.97 Å². The Balaban J connectivity index is 4.07. The van der Waals surface area contributed by atoms with Crippen LogP contribution in [0.2, 0.25) is 0 Å². The van der Waals surface area contributed by atoms with E-state index in [2.05, 4.69) is 0 Å². The maximum absolute atomic E-state index is 11.4. The number of hydrogen-bond acceptors (Lipinski definition) is 2. The Morgan fingerprint density at radius 3 is 2.18 bits per heavy atom. The number of halogens is 3. The summed E-state index contributed by atoms with van der Waals surface area (Å²) in [4.78, 5) is 9.67. The molecule has 2 N–H and O–H groups in total. The summed E-state index contributed by atoms with van der Waals surface area (Å²) in [5.74, 6) is -1.53.